The lowest BCUT2D eigenvalue weighted by Gasteiger charge is -2.38. The highest BCUT2D eigenvalue weighted by Gasteiger charge is 2.42. The molecule has 182 valence electrons. The number of aromatic nitrogens is 1. The van der Waals surface area contributed by atoms with E-state index < -0.39 is 29.2 Å². The summed E-state index contributed by atoms with van der Waals surface area (Å²) in [5.74, 6) is -0.355. The van der Waals surface area contributed by atoms with Gasteiger partial charge in [-0.3, -0.25) is 19.4 Å². The average molecular weight is 489 g/mol. The maximum Gasteiger partial charge on any atom is 0.410 e. The molecule has 10 heteroatoms. The van der Waals surface area contributed by atoms with Crippen molar-refractivity contribution in [3.63, 3.8) is 0 Å². The normalized spacial score (nSPS) is 15.6. The van der Waals surface area contributed by atoms with Crippen LogP contribution in [0.3, 0.4) is 0 Å². The minimum atomic E-state index is -1.20. The van der Waals surface area contributed by atoms with Crippen molar-refractivity contribution in [3.8, 4) is 5.88 Å². The van der Waals surface area contributed by atoms with Gasteiger partial charge in [0.15, 0.2) is 5.60 Å². The molecule has 2 aromatic rings. The third-order valence-electron chi connectivity index (χ3n) is 5.11. The van der Waals surface area contributed by atoms with Gasteiger partial charge >= 0.3 is 6.09 Å². The highest BCUT2D eigenvalue weighted by Crippen LogP contribution is 2.41. The predicted molar refractivity (Wildman–Crippen MR) is 130 cm³/mol. The zero-order valence-electron chi connectivity index (χ0n) is 20.3. The predicted octanol–water partition coefficient (Wildman–Crippen LogP) is 4.76. The molecule has 2 heterocycles. The summed E-state index contributed by atoms with van der Waals surface area (Å²) in [4.78, 5) is 45.3. The van der Waals surface area contributed by atoms with Gasteiger partial charge in [-0.2, -0.15) is 4.98 Å². The third kappa shape index (κ3) is 5.41. The van der Waals surface area contributed by atoms with Crippen molar-refractivity contribution in [2.75, 3.05) is 17.3 Å². The summed E-state index contributed by atoms with van der Waals surface area (Å²) in [6.07, 6.45) is -0.616. The van der Waals surface area contributed by atoms with Crippen LogP contribution in [0.2, 0.25) is 5.02 Å². The molecule has 0 bridgehead atoms. The zero-order chi connectivity index (χ0) is 25.4. The minimum absolute atomic E-state index is 0.176. The van der Waals surface area contributed by atoms with E-state index in [2.05, 4.69) is 10.3 Å². The van der Waals surface area contributed by atoms with Crippen molar-refractivity contribution in [1.29, 1.82) is 0 Å². The van der Waals surface area contributed by atoms with Crippen molar-refractivity contribution in [2.45, 2.75) is 58.8 Å². The molecule has 1 aromatic carbocycles. The number of likely N-dealkylation sites (N-methyl/N-ethyl adjacent to an activating group) is 1. The fourth-order valence-electron chi connectivity index (χ4n) is 3.18. The highest BCUT2D eigenvalue weighted by molar-refractivity contribution is 6.31. The van der Waals surface area contributed by atoms with Crippen LogP contribution in [-0.2, 0) is 14.3 Å². The number of nitrogens with zero attached hydrogens (tertiary/aromatic N) is 3. The second-order valence-electron chi connectivity index (χ2n) is 9.51. The second kappa shape index (κ2) is 9.13. The van der Waals surface area contributed by atoms with Gasteiger partial charge in [0.05, 0.1) is 5.69 Å². The maximum atomic E-state index is 13.1. The number of carbonyl (C=O) groups excluding carboxylic acids is 3. The van der Waals surface area contributed by atoms with E-state index in [-0.39, 0.29) is 17.6 Å². The van der Waals surface area contributed by atoms with Crippen LogP contribution >= 0.6 is 11.6 Å². The molecule has 1 aliphatic rings. The number of ether oxygens (including phenoxy) is 2. The van der Waals surface area contributed by atoms with E-state index in [9.17, 15) is 14.4 Å². The number of carbonyl (C=O) groups is 3. The van der Waals surface area contributed by atoms with Crippen LogP contribution in [0.1, 0.15) is 41.5 Å². The molecule has 1 aliphatic heterocycles. The SMILES string of the molecule is C[C@@H](C(=O)Nc1ccc2c(n1)OC(C)(C)C(=O)N2c1cccc(Cl)c1)N(C)C(=O)OC(C)(C)C. The second-order valence-corrected chi connectivity index (χ2v) is 9.95. The van der Waals surface area contributed by atoms with Crippen molar-refractivity contribution in [2.24, 2.45) is 0 Å². The molecule has 0 fully saturated rings. The Morgan fingerprint density at radius 3 is 2.53 bits per heavy atom. The van der Waals surface area contributed by atoms with Gasteiger partial charge in [0.25, 0.3) is 5.91 Å². The molecule has 0 spiro atoms. The van der Waals surface area contributed by atoms with Crippen molar-refractivity contribution >= 4 is 46.7 Å². The van der Waals surface area contributed by atoms with Gasteiger partial charge in [-0.1, -0.05) is 17.7 Å². The number of hydrogen-bond acceptors (Lipinski definition) is 6. The summed E-state index contributed by atoms with van der Waals surface area (Å²) in [5.41, 5.74) is -0.891. The van der Waals surface area contributed by atoms with E-state index in [1.807, 2.05) is 0 Å². The van der Waals surface area contributed by atoms with Gasteiger partial charge in [0.1, 0.15) is 23.1 Å². The highest BCUT2D eigenvalue weighted by atomic mass is 35.5. The molecule has 0 radical (unpaired) electrons. The van der Waals surface area contributed by atoms with E-state index in [0.29, 0.717) is 16.4 Å². The zero-order valence-corrected chi connectivity index (χ0v) is 21.1. The Labute approximate surface area is 204 Å². The third-order valence-corrected chi connectivity index (χ3v) is 5.35. The fourth-order valence-corrected chi connectivity index (χ4v) is 3.37. The summed E-state index contributed by atoms with van der Waals surface area (Å²) in [7, 11) is 1.48. The van der Waals surface area contributed by atoms with Crippen molar-refractivity contribution in [3.05, 3.63) is 41.4 Å². The van der Waals surface area contributed by atoms with Gasteiger partial charge < -0.3 is 14.8 Å². The number of nitrogens with one attached hydrogen (secondary N) is 1. The number of anilines is 3. The van der Waals surface area contributed by atoms with Gasteiger partial charge in [0.2, 0.25) is 11.8 Å². The number of rotatable bonds is 4. The molecule has 1 aromatic heterocycles. The number of halogens is 1. The molecule has 3 amide bonds. The first kappa shape index (κ1) is 25.3. The van der Waals surface area contributed by atoms with Gasteiger partial charge in [0, 0.05) is 12.1 Å². The molecule has 9 nitrogen and oxygen atoms in total. The first-order chi connectivity index (χ1) is 15.7. The van der Waals surface area contributed by atoms with Crippen molar-refractivity contribution < 1.29 is 23.9 Å². The minimum Gasteiger partial charge on any atom is -0.460 e. The summed E-state index contributed by atoms with van der Waals surface area (Å²) < 4.78 is 11.2. The smallest absolute Gasteiger partial charge is 0.410 e. The Morgan fingerprint density at radius 2 is 1.91 bits per heavy atom. The van der Waals surface area contributed by atoms with E-state index in [0.717, 1.165) is 0 Å². The number of amides is 3. The monoisotopic (exact) mass is 488 g/mol. The van der Waals surface area contributed by atoms with Crippen LogP contribution in [0.4, 0.5) is 22.0 Å². The molecule has 1 atom stereocenters. The summed E-state index contributed by atoms with van der Waals surface area (Å²) in [6.45, 7) is 10.1. The van der Waals surface area contributed by atoms with Gasteiger partial charge in [-0.15, -0.1) is 0 Å². The maximum absolute atomic E-state index is 13.1. The number of hydrogen-bond donors (Lipinski definition) is 1. The Morgan fingerprint density at radius 1 is 1.24 bits per heavy atom. The van der Waals surface area contributed by atoms with Crippen LogP contribution in [0.15, 0.2) is 36.4 Å². The fraction of sp³-hybridized carbons (Fsp3) is 0.417. The molecule has 1 N–H and O–H groups in total. The molecule has 34 heavy (non-hydrogen) atoms. The van der Waals surface area contributed by atoms with Crippen LogP contribution in [0.5, 0.6) is 5.88 Å². The Balaban J connectivity index is 1.85. The van der Waals surface area contributed by atoms with Crippen molar-refractivity contribution in [1.82, 2.24) is 9.88 Å². The molecule has 0 aliphatic carbocycles. The lowest BCUT2D eigenvalue weighted by atomic mass is 10.0. The molecule has 3 rings (SSSR count). The molecule has 0 saturated heterocycles. The van der Waals surface area contributed by atoms with Gasteiger partial charge in [-0.25, -0.2) is 4.79 Å². The van der Waals surface area contributed by atoms with Crippen LogP contribution in [-0.4, -0.2) is 52.1 Å². The number of pyridine rings is 1. The lowest BCUT2D eigenvalue weighted by Crippen LogP contribution is -2.50. The largest absolute Gasteiger partial charge is 0.460 e. The summed E-state index contributed by atoms with van der Waals surface area (Å²) >= 11 is 6.14. The summed E-state index contributed by atoms with van der Waals surface area (Å²) in [6, 6.07) is 9.27. The topological polar surface area (TPSA) is 101 Å². The Hall–Kier alpha value is -3.33. The Kier molecular flexibility index (Phi) is 6.80. The molecule has 0 saturated carbocycles. The quantitative estimate of drug-likeness (QED) is 0.665. The number of benzene rings is 1. The first-order valence-corrected chi connectivity index (χ1v) is 11.1. The average Bonchev–Trinajstić information content (AvgIpc) is 2.72. The molecular weight excluding hydrogens is 460 g/mol. The van der Waals surface area contributed by atoms with E-state index >= 15 is 0 Å². The summed E-state index contributed by atoms with van der Waals surface area (Å²) in [5, 5.41) is 3.17. The van der Waals surface area contributed by atoms with Crippen LogP contribution < -0.4 is 15.0 Å². The first-order valence-electron chi connectivity index (χ1n) is 10.8. The van der Waals surface area contributed by atoms with E-state index in [1.54, 1.807) is 77.9 Å². The molecule has 0 unspecified atom stereocenters. The van der Waals surface area contributed by atoms with E-state index in [4.69, 9.17) is 21.1 Å². The Bertz CT molecular complexity index is 1130. The lowest BCUT2D eigenvalue weighted by molar-refractivity contribution is -0.132. The standard InChI is InChI=1S/C24H29ClN4O5/c1-14(28(7)22(32)34-23(2,3)4)19(30)26-18-12-11-17-20(27-18)33-24(5,6)21(31)29(17)16-10-8-9-15(25)13-16/h8-14H,1-7H3,(H,26,27,30)/t14-/m0/s1. The molecular formula is C24H29ClN4O5. The van der Waals surface area contributed by atoms with Crippen LogP contribution in [0.25, 0.3) is 0 Å². The van der Waals surface area contributed by atoms with Gasteiger partial charge in [-0.05, 0) is 71.9 Å². The van der Waals surface area contributed by atoms with E-state index in [1.165, 1.54) is 16.8 Å². The van der Waals surface area contributed by atoms with Crippen LogP contribution in [0, 0.1) is 0 Å². The number of fused-ring (bicyclic) bond motifs is 1.